The van der Waals surface area contributed by atoms with E-state index in [9.17, 15) is 21.6 Å². The van der Waals surface area contributed by atoms with E-state index >= 15 is 0 Å². The van der Waals surface area contributed by atoms with Gasteiger partial charge in [-0.15, -0.1) is 24.5 Å². The fraction of sp³-hybridized carbons (Fsp3) is 0.222. The lowest BCUT2D eigenvalue weighted by atomic mass is 10.3. The highest BCUT2D eigenvalue weighted by Gasteiger charge is 2.31. The molecule has 2 aromatic heterocycles. The molecular formula is C18H16F3NO4S2. The molecule has 0 spiro atoms. The molecule has 10 heteroatoms. The molecule has 0 fully saturated rings. The van der Waals surface area contributed by atoms with Gasteiger partial charge >= 0.3 is 6.36 Å². The van der Waals surface area contributed by atoms with Crippen molar-refractivity contribution in [3.8, 4) is 5.75 Å². The van der Waals surface area contributed by atoms with E-state index in [1.807, 2.05) is 17.5 Å². The Morgan fingerprint density at radius 2 is 1.86 bits per heavy atom. The van der Waals surface area contributed by atoms with Crippen LogP contribution in [-0.4, -0.2) is 25.6 Å². The molecule has 28 heavy (non-hydrogen) atoms. The van der Waals surface area contributed by atoms with Crippen molar-refractivity contribution in [3.63, 3.8) is 0 Å². The van der Waals surface area contributed by atoms with Crippen LogP contribution in [0.15, 0.2) is 69.7 Å². The topological polar surface area (TPSA) is 59.8 Å². The minimum absolute atomic E-state index is 0.0883. The van der Waals surface area contributed by atoms with Crippen molar-refractivity contribution in [2.45, 2.75) is 24.2 Å². The molecule has 150 valence electrons. The zero-order chi connectivity index (χ0) is 20.2. The van der Waals surface area contributed by atoms with E-state index < -0.39 is 22.1 Å². The van der Waals surface area contributed by atoms with Crippen LogP contribution in [0.5, 0.6) is 5.75 Å². The third-order valence-electron chi connectivity index (χ3n) is 3.82. The highest BCUT2D eigenvalue weighted by atomic mass is 32.2. The smallest absolute Gasteiger partial charge is 0.472 e. The standard InChI is InChI=1S/C18H16F3NO4S2/c19-18(20,21)26-15-3-5-17(6-4-15)28(23,24)22(12-14-8-10-25-13-14)9-7-16-2-1-11-27-16/h1-6,8,10-11,13H,7,9,12H2. The number of rotatable bonds is 8. The van der Waals surface area contributed by atoms with Crippen LogP contribution in [-0.2, 0) is 23.0 Å². The van der Waals surface area contributed by atoms with E-state index in [0.29, 0.717) is 12.0 Å². The Bertz CT molecular complexity index is 967. The van der Waals surface area contributed by atoms with Crippen LogP contribution in [0.4, 0.5) is 13.2 Å². The lowest BCUT2D eigenvalue weighted by Gasteiger charge is -2.21. The zero-order valence-electron chi connectivity index (χ0n) is 14.4. The summed E-state index contributed by atoms with van der Waals surface area (Å²) in [5.41, 5.74) is 0.673. The average molecular weight is 431 g/mol. The first kappa shape index (κ1) is 20.4. The fourth-order valence-corrected chi connectivity index (χ4v) is 4.65. The molecule has 3 rings (SSSR count). The van der Waals surface area contributed by atoms with Gasteiger partial charge in [-0.1, -0.05) is 6.07 Å². The van der Waals surface area contributed by atoms with Crippen molar-refractivity contribution < 1.29 is 30.7 Å². The Morgan fingerprint density at radius 3 is 2.43 bits per heavy atom. The summed E-state index contributed by atoms with van der Waals surface area (Å²) in [5, 5.41) is 1.91. The number of hydrogen-bond acceptors (Lipinski definition) is 5. The second-order valence-electron chi connectivity index (χ2n) is 5.82. The van der Waals surface area contributed by atoms with Crippen LogP contribution in [0.3, 0.4) is 0 Å². The maximum Gasteiger partial charge on any atom is 0.573 e. The molecule has 2 heterocycles. The number of benzene rings is 1. The SMILES string of the molecule is O=S(=O)(c1ccc(OC(F)(F)F)cc1)N(CCc1cccs1)Cc1ccoc1. The molecule has 0 saturated carbocycles. The van der Waals surface area contributed by atoms with Crippen molar-refractivity contribution >= 4 is 21.4 Å². The molecule has 0 radical (unpaired) electrons. The summed E-state index contributed by atoms with van der Waals surface area (Å²) in [7, 11) is -3.93. The molecule has 1 aromatic carbocycles. The summed E-state index contributed by atoms with van der Waals surface area (Å²) in [5.74, 6) is -0.480. The van der Waals surface area contributed by atoms with Crippen molar-refractivity contribution in [1.29, 1.82) is 0 Å². The predicted octanol–water partition coefficient (Wildman–Crippen LogP) is 4.67. The molecule has 0 N–H and O–H groups in total. The molecular weight excluding hydrogens is 415 g/mol. The number of furan rings is 1. The van der Waals surface area contributed by atoms with Crippen LogP contribution >= 0.6 is 11.3 Å². The van der Waals surface area contributed by atoms with Gasteiger partial charge in [0.25, 0.3) is 0 Å². The Hall–Kier alpha value is -2.30. The molecule has 0 aliphatic heterocycles. The largest absolute Gasteiger partial charge is 0.573 e. The lowest BCUT2D eigenvalue weighted by Crippen LogP contribution is -2.32. The quantitative estimate of drug-likeness (QED) is 0.520. The Labute approximate surface area is 164 Å². The van der Waals surface area contributed by atoms with Gasteiger partial charge < -0.3 is 9.15 Å². The van der Waals surface area contributed by atoms with E-state index in [-0.39, 0.29) is 18.0 Å². The molecule has 3 aromatic rings. The molecule has 0 amide bonds. The molecule has 0 bridgehead atoms. The molecule has 0 atom stereocenters. The van der Waals surface area contributed by atoms with E-state index in [4.69, 9.17) is 4.42 Å². The maximum atomic E-state index is 13.1. The van der Waals surface area contributed by atoms with Crippen LogP contribution < -0.4 is 4.74 Å². The van der Waals surface area contributed by atoms with Crippen LogP contribution in [0.25, 0.3) is 0 Å². The van der Waals surface area contributed by atoms with E-state index in [1.165, 1.54) is 28.2 Å². The maximum absolute atomic E-state index is 13.1. The minimum Gasteiger partial charge on any atom is -0.472 e. The van der Waals surface area contributed by atoms with Crippen LogP contribution in [0.2, 0.25) is 0 Å². The summed E-state index contributed by atoms with van der Waals surface area (Å²) in [6.45, 7) is 0.305. The number of ether oxygens (including phenoxy) is 1. The summed E-state index contributed by atoms with van der Waals surface area (Å²) in [6.07, 6.45) is -1.42. The molecule has 0 aliphatic rings. The first-order valence-corrected chi connectivity index (χ1v) is 10.5. The predicted molar refractivity (Wildman–Crippen MR) is 97.5 cm³/mol. The number of nitrogens with zero attached hydrogens (tertiary/aromatic N) is 1. The van der Waals surface area contributed by atoms with Gasteiger partial charge in [0.05, 0.1) is 17.4 Å². The van der Waals surface area contributed by atoms with Crippen molar-refractivity contribution in [1.82, 2.24) is 4.31 Å². The van der Waals surface area contributed by atoms with Gasteiger partial charge in [-0.25, -0.2) is 8.42 Å². The van der Waals surface area contributed by atoms with E-state index in [1.54, 1.807) is 6.07 Å². The summed E-state index contributed by atoms with van der Waals surface area (Å²) >= 11 is 1.52. The fourth-order valence-electron chi connectivity index (χ4n) is 2.52. The zero-order valence-corrected chi connectivity index (χ0v) is 16.1. The number of thiophene rings is 1. The monoisotopic (exact) mass is 431 g/mol. The van der Waals surface area contributed by atoms with E-state index in [2.05, 4.69) is 4.74 Å². The van der Waals surface area contributed by atoms with Gasteiger partial charge in [0.15, 0.2) is 0 Å². The number of sulfonamides is 1. The Morgan fingerprint density at radius 1 is 1.11 bits per heavy atom. The first-order valence-electron chi connectivity index (χ1n) is 8.13. The van der Waals surface area contributed by atoms with Gasteiger partial charge in [0.1, 0.15) is 5.75 Å². The normalized spacial score (nSPS) is 12.4. The third kappa shape index (κ3) is 5.37. The Balaban J connectivity index is 1.81. The van der Waals surface area contributed by atoms with Crippen LogP contribution in [0, 0.1) is 0 Å². The van der Waals surface area contributed by atoms with Crippen molar-refractivity contribution in [3.05, 3.63) is 70.8 Å². The van der Waals surface area contributed by atoms with Crippen molar-refractivity contribution in [2.24, 2.45) is 0 Å². The number of alkyl halides is 3. The summed E-state index contributed by atoms with van der Waals surface area (Å²) in [4.78, 5) is 0.915. The second kappa shape index (κ2) is 8.38. The summed E-state index contributed by atoms with van der Waals surface area (Å²) < 4.78 is 73.1. The Kier molecular flexibility index (Phi) is 6.11. The molecule has 0 unspecified atom stereocenters. The molecule has 0 aliphatic carbocycles. The minimum atomic E-state index is -4.84. The lowest BCUT2D eigenvalue weighted by molar-refractivity contribution is -0.274. The second-order valence-corrected chi connectivity index (χ2v) is 8.79. The highest BCUT2D eigenvalue weighted by molar-refractivity contribution is 7.89. The molecule has 5 nitrogen and oxygen atoms in total. The van der Waals surface area contributed by atoms with E-state index in [0.717, 1.165) is 29.1 Å². The van der Waals surface area contributed by atoms with Gasteiger partial charge in [0.2, 0.25) is 10.0 Å². The average Bonchev–Trinajstić information content (AvgIpc) is 3.31. The van der Waals surface area contributed by atoms with Gasteiger partial charge in [-0.2, -0.15) is 4.31 Å². The van der Waals surface area contributed by atoms with Gasteiger partial charge in [-0.05, 0) is 48.2 Å². The first-order chi connectivity index (χ1) is 13.2. The van der Waals surface area contributed by atoms with Gasteiger partial charge in [0, 0.05) is 23.5 Å². The van der Waals surface area contributed by atoms with Crippen molar-refractivity contribution in [2.75, 3.05) is 6.54 Å². The summed E-state index contributed by atoms with van der Waals surface area (Å²) in [6, 6.07) is 9.62. The number of hydrogen-bond donors (Lipinski definition) is 0. The van der Waals surface area contributed by atoms with Crippen LogP contribution in [0.1, 0.15) is 10.4 Å². The number of halogens is 3. The van der Waals surface area contributed by atoms with Gasteiger partial charge in [-0.3, -0.25) is 0 Å². The highest BCUT2D eigenvalue weighted by Crippen LogP contribution is 2.26. The third-order valence-corrected chi connectivity index (χ3v) is 6.62. The molecule has 0 saturated heterocycles.